The van der Waals surface area contributed by atoms with Crippen molar-refractivity contribution in [2.24, 2.45) is 0 Å². The maximum Gasteiger partial charge on any atom is 0.305 e. The molecule has 2 aromatic rings. The lowest BCUT2D eigenvalue weighted by atomic mass is 10.2. The number of carbonyl (C=O) groups excluding carboxylic acids is 2. The molecule has 2 heterocycles. The topological polar surface area (TPSA) is 82.3 Å². The Bertz CT molecular complexity index is 577. The Morgan fingerprint density at radius 3 is 2.79 bits per heavy atom. The highest BCUT2D eigenvalue weighted by atomic mass is 16.5. The third-order valence-corrected chi connectivity index (χ3v) is 2.45. The fourth-order valence-corrected chi connectivity index (χ4v) is 1.45. The summed E-state index contributed by atoms with van der Waals surface area (Å²) in [5.74, 6) is -0.385. The standard InChI is InChI=1S/C13H12N2O4/c1-18-12(17)6-5-10(16)13-15-8-11(19-13)9-4-2-3-7-14-9/h2-4,7-8H,5-6H2,1H3. The molecule has 0 aromatic carbocycles. The number of aromatic nitrogens is 2. The quantitative estimate of drug-likeness (QED) is 0.603. The van der Waals surface area contributed by atoms with Crippen LogP contribution in [0.15, 0.2) is 35.0 Å². The van der Waals surface area contributed by atoms with E-state index in [-0.39, 0.29) is 24.5 Å². The molecule has 0 radical (unpaired) electrons. The fourth-order valence-electron chi connectivity index (χ4n) is 1.45. The molecule has 0 saturated heterocycles. The van der Waals surface area contributed by atoms with Crippen molar-refractivity contribution in [3.8, 4) is 11.5 Å². The van der Waals surface area contributed by atoms with Crippen LogP contribution in [0.4, 0.5) is 0 Å². The van der Waals surface area contributed by atoms with Gasteiger partial charge in [0.2, 0.25) is 5.78 Å². The van der Waals surface area contributed by atoms with Crippen molar-refractivity contribution in [3.63, 3.8) is 0 Å². The number of ketones is 1. The number of oxazole rings is 1. The predicted molar refractivity (Wildman–Crippen MR) is 65.3 cm³/mol. The average molecular weight is 260 g/mol. The molecule has 2 aromatic heterocycles. The summed E-state index contributed by atoms with van der Waals surface area (Å²) in [5, 5.41) is 0. The van der Waals surface area contributed by atoms with Crippen molar-refractivity contribution in [2.75, 3.05) is 7.11 Å². The number of nitrogens with zero attached hydrogens (tertiary/aromatic N) is 2. The van der Waals surface area contributed by atoms with E-state index in [1.807, 2.05) is 6.07 Å². The summed E-state index contributed by atoms with van der Waals surface area (Å²) in [5.41, 5.74) is 0.599. The number of hydrogen-bond donors (Lipinski definition) is 0. The van der Waals surface area contributed by atoms with Crippen molar-refractivity contribution in [3.05, 3.63) is 36.5 Å². The summed E-state index contributed by atoms with van der Waals surface area (Å²) in [6.45, 7) is 0. The summed E-state index contributed by atoms with van der Waals surface area (Å²) >= 11 is 0. The second-order valence-corrected chi connectivity index (χ2v) is 3.74. The van der Waals surface area contributed by atoms with Gasteiger partial charge in [-0.1, -0.05) is 6.07 Å². The lowest BCUT2D eigenvalue weighted by molar-refractivity contribution is -0.140. The van der Waals surface area contributed by atoms with E-state index in [4.69, 9.17) is 4.42 Å². The van der Waals surface area contributed by atoms with E-state index in [0.717, 1.165) is 0 Å². The van der Waals surface area contributed by atoms with Crippen LogP contribution >= 0.6 is 0 Å². The monoisotopic (exact) mass is 260 g/mol. The van der Waals surface area contributed by atoms with Gasteiger partial charge in [0.1, 0.15) is 5.69 Å². The highest BCUT2D eigenvalue weighted by Gasteiger charge is 2.16. The predicted octanol–water partition coefficient (Wildman–Crippen LogP) is 1.87. The molecule has 0 saturated carbocycles. The van der Waals surface area contributed by atoms with Crippen molar-refractivity contribution in [1.82, 2.24) is 9.97 Å². The minimum absolute atomic E-state index is 0.00877. The van der Waals surface area contributed by atoms with E-state index in [1.54, 1.807) is 18.3 Å². The van der Waals surface area contributed by atoms with Gasteiger partial charge in [0.25, 0.3) is 5.89 Å². The Morgan fingerprint density at radius 1 is 1.26 bits per heavy atom. The van der Waals surface area contributed by atoms with E-state index in [0.29, 0.717) is 11.5 Å². The molecule has 0 amide bonds. The molecule has 0 fully saturated rings. The van der Waals surface area contributed by atoms with Crippen LogP contribution in [0, 0.1) is 0 Å². The summed E-state index contributed by atoms with van der Waals surface area (Å²) in [7, 11) is 1.27. The Kier molecular flexibility index (Phi) is 4.02. The van der Waals surface area contributed by atoms with Crippen LogP contribution in [-0.4, -0.2) is 28.8 Å². The second kappa shape index (κ2) is 5.90. The number of rotatable bonds is 5. The molecule has 98 valence electrons. The lowest BCUT2D eigenvalue weighted by Crippen LogP contribution is -2.06. The molecular formula is C13H12N2O4. The van der Waals surface area contributed by atoms with Crippen LogP contribution in [0.1, 0.15) is 23.5 Å². The molecule has 0 bridgehead atoms. The number of methoxy groups -OCH3 is 1. The zero-order valence-corrected chi connectivity index (χ0v) is 10.3. The van der Waals surface area contributed by atoms with Crippen molar-refractivity contribution in [2.45, 2.75) is 12.8 Å². The van der Waals surface area contributed by atoms with Gasteiger partial charge in [-0.15, -0.1) is 0 Å². The van der Waals surface area contributed by atoms with Gasteiger partial charge in [-0.25, -0.2) is 4.98 Å². The molecule has 19 heavy (non-hydrogen) atoms. The molecule has 0 aliphatic carbocycles. The first-order valence-corrected chi connectivity index (χ1v) is 5.68. The first-order chi connectivity index (χ1) is 9.20. The maximum absolute atomic E-state index is 11.7. The molecule has 0 N–H and O–H groups in total. The number of pyridine rings is 1. The minimum atomic E-state index is -0.440. The molecule has 2 rings (SSSR count). The van der Waals surface area contributed by atoms with E-state index in [1.165, 1.54) is 13.3 Å². The summed E-state index contributed by atoms with van der Waals surface area (Å²) in [4.78, 5) is 30.6. The van der Waals surface area contributed by atoms with Crippen molar-refractivity contribution < 1.29 is 18.7 Å². The summed E-state index contributed by atoms with van der Waals surface area (Å²) < 4.78 is 9.78. The van der Waals surface area contributed by atoms with Gasteiger partial charge in [-0.3, -0.25) is 14.6 Å². The smallest absolute Gasteiger partial charge is 0.305 e. The van der Waals surface area contributed by atoms with E-state index < -0.39 is 5.97 Å². The second-order valence-electron chi connectivity index (χ2n) is 3.74. The SMILES string of the molecule is COC(=O)CCC(=O)c1ncc(-c2ccccn2)o1. The van der Waals surface area contributed by atoms with Crippen molar-refractivity contribution >= 4 is 11.8 Å². The van der Waals surface area contributed by atoms with Gasteiger partial charge in [0, 0.05) is 12.6 Å². The number of esters is 1. The highest BCUT2D eigenvalue weighted by molar-refractivity contribution is 5.93. The van der Waals surface area contributed by atoms with Gasteiger partial charge in [-0.05, 0) is 12.1 Å². The van der Waals surface area contributed by atoms with Crippen LogP contribution in [0.5, 0.6) is 0 Å². The highest BCUT2D eigenvalue weighted by Crippen LogP contribution is 2.18. The van der Waals surface area contributed by atoms with Crippen LogP contribution < -0.4 is 0 Å². The Morgan fingerprint density at radius 2 is 2.11 bits per heavy atom. The van der Waals surface area contributed by atoms with Crippen molar-refractivity contribution in [1.29, 1.82) is 0 Å². The number of Topliss-reactive ketones (excluding diaryl/α,β-unsaturated/α-hetero) is 1. The summed E-state index contributed by atoms with van der Waals surface area (Å²) in [6.07, 6.45) is 3.08. The van der Waals surface area contributed by atoms with Gasteiger partial charge < -0.3 is 9.15 Å². The van der Waals surface area contributed by atoms with Gasteiger partial charge in [-0.2, -0.15) is 0 Å². The largest absolute Gasteiger partial charge is 0.469 e. The fraction of sp³-hybridized carbons (Fsp3) is 0.231. The molecule has 0 atom stereocenters. The lowest BCUT2D eigenvalue weighted by Gasteiger charge is -1.96. The number of hydrogen-bond acceptors (Lipinski definition) is 6. The van der Waals surface area contributed by atoms with Gasteiger partial charge >= 0.3 is 5.97 Å². The van der Waals surface area contributed by atoms with E-state index in [2.05, 4.69) is 14.7 Å². The molecular weight excluding hydrogens is 248 g/mol. The third-order valence-electron chi connectivity index (χ3n) is 2.45. The Labute approximate surface area is 109 Å². The minimum Gasteiger partial charge on any atom is -0.469 e. The normalized spacial score (nSPS) is 10.2. The molecule has 0 unspecified atom stereocenters. The van der Waals surface area contributed by atoms with Crippen LogP contribution in [-0.2, 0) is 9.53 Å². The van der Waals surface area contributed by atoms with Crippen LogP contribution in [0.25, 0.3) is 11.5 Å². The number of ether oxygens (including phenoxy) is 1. The average Bonchev–Trinajstić information content (AvgIpc) is 2.95. The van der Waals surface area contributed by atoms with E-state index >= 15 is 0 Å². The zero-order chi connectivity index (χ0) is 13.7. The zero-order valence-electron chi connectivity index (χ0n) is 10.3. The number of carbonyl (C=O) groups is 2. The Balaban J connectivity index is 2.05. The van der Waals surface area contributed by atoms with Gasteiger partial charge in [0.15, 0.2) is 5.76 Å². The third kappa shape index (κ3) is 3.25. The molecule has 0 aliphatic heterocycles. The molecule has 6 nitrogen and oxygen atoms in total. The Hall–Kier alpha value is -2.50. The maximum atomic E-state index is 11.7. The first-order valence-electron chi connectivity index (χ1n) is 5.68. The van der Waals surface area contributed by atoms with Crippen LogP contribution in [0.3, 0.4) is 0 Å². The van der Waals surface area contributed by atoms with E-state index in [9.17, 15) is 9.59 Å². The molecule has 6 heteroatoms. The first kappa shape index (κ1) is 12.9. The van der Waals surface area contributed by atoms with Crippen LogP contribution in [0.2, 0.25) is 0 Å². The summed E-state index contributed by atoms with van der Waals surface area (Å²) in [6, 6.07) is 5.34. The van der Waals surface area contributed by atoms with Gasteiger partial charge in [0.05, 0.1) is 19.7 Å². The molecule has 0 aliphatic rings. The molecule has 0 spiro atoms.